The van der Waals surface area contributed by atoms with Crippen LogP contribution < -0.4 is 0 Å². The van der Waals surface area contributed by atoms with Crippen LogP contribution in [0.15, 0.2) is 41.0 Å². The number of thioether (sulfide) groups is 1. The highest BCUT2D eigenvalue weighted by molar-refractivity contribution is 7.98. The first kappa shape index (κ1) is 15.0. The molecule has 20 heavy (non-hydrogen) atoms. The van der Waals surface area contributed by atoms with E-state index in [9.17, 15) is 0 Å². The summed E-state index contributed by atoms with van der Waals surface area (Å²) in [5, 5.41) is 4.41. The molecule has 0 bridgehead atoms. The van der Waals surface area contributed by atoms with Gasteiger partial charge in [0.2, 0.25) is 0 Å². The van der Waals surface area contributed by atoms with E-state index in [4.69, 9.17) is 0 Å². The topological polar surface area (TPSA) is 25.8 Å². The van der Waals surface area contributed by atoms with Crippen LogP contribution in [0.1, 0.15) is 19.4 Å². The minimum absolute atomic E-state index is 1.05. The van der Waals surface area contributed by atoms with Crippen molar-refractivity contribution in [2.45, 2.75) is 25.8 Å². The van der Waals surface area contributed by atoms with Gasteiger partial charge in [-0.2, -0.15) is 0 Å². The van der Waals surface area contributed by atoms with Crippen LogP contribution in [-0.4, -0.2) is 16.2 Å². The average molecular weight is 302 g/mol. The highest BCUT2D eigenvalue weighted by atomic mass is 32.2. The van der Waals surface area contributed by atoms with Crippen LogP contribution in [-0.2, 0) is 0 Å². The number of aromatic nitrogens is 2. The Hall–Kier alpha value is -1.39. The van der Waals surface area contributed by atoms with Crippen molar-refractivity contribution < 1.29 is 0 Å². The van der Waals surface area contributed by atoms with Gasteiger partial charge in [-0.15, -0.1) is 23.1 Å². The van der Waals surface area contributed by atoms with Gasteiger partial charge in [-0.25, -0.2) is 9.97 Å². The molecule has 3 rings (SSSR count). The molecule has 2 aromatic heterocycles. The quantitative estimate of drug-likeness (QED) is 0.467. The van der Waals surface area contributed by atoms with E-state index in [1.165, 1.54) is 22.1 Å². The molecule has 0 saturated carbocycles. The van der Waals surface area contributed by atoms with E-state index in [1.54, 1.807) is 29.4 Å². The van der Waals surface area contributed by atoms with Gasteiger partial charge in [-0.3, -0.25) is 0 Å². The normalized spacial score (nSPS) is 10.2. The molecule has 0 N–H and O–H groups in total. The van der Waals surface area contributed by atoms with Crippen LogP contribution >= 0.6 is 23.1 Å². The fraction of sp³-hybridized carbons (Fsp3) is 0.250. The molecule has 0 amide bonds. The van der Waals surface area contributed by atoms with Crippen molar-refractivity contribution in [2.24, 2.45) is 0 Å². The molecule has 0 radical (unpaired) electrons. The molecule has 0 aliphatic rings. The van der Waals surface area contributed by atoms with Gasteiger partial charge in [0.15, 0.2) is 0 Å². The Bertz CT molecular complexity index is 705. The van der Waals surface area contributed by atoms with Gasteiger partial charge in [0, 0.05) is 10.9 Å². The van der Waals surface area contributed by atoms with E-state index in [0.29, 0.717) is 0 Å². The lowest BCUT2D eigenvalue weighted by atomic mass is 10.0. The summed E-state index contributed by atoms with van der Waals surface area (Å²) in [4.78, 5) is 9.78. The number of benzene rings is 1. The van der Waals surface area contributed by atoms with Crippen molar-refractivity contribution in [3.8, 4) is 11.1 Å². The largest absolute Gasteiger partial charge is 0.229 e. The molecule has 1 aromatic carbocycles. The van der Waals surface area contributed by atoms with E-state index in [1.807, 2.05) is 13.8 Å². The molecule has 2 nitrogen and oxygen atoms in total. The first-order valence-corrected chi connectivity index (χ1v) is 8.73. The lowest BCUT2D eigenvalue weighted by Gasteiger charge is -2.03. The average Bonchev–Trinajstić information content (AvgIpc) is 2.93. The second-order valence-electron chi connectivity index (χ2n) is 4.08. The van der Waals surface area contributed by atoms with Gasteiger partial charge >= 0.3 is 0 Å². The Labute approximate surface area is 128 Å². The van der Waals surface area contributed by atoms with Crippen molar-refractivity contribution in [1.29, 1.82) is 0 Å². The number of hydrogen-bond donors (Lipinski definition) is 0. The summed E-state index contributed by atoms with van der Waals surface area (Å²) < 4.78 is 0. The van der Waals surface area contributed by atoms with E-state index >= 15 is 0 Å². The number of thiophene rings is 1. The van der Waals surface area contributed by atoms with Crippen molar-refractivity contribution >= 4 is 33.3 Å². The van der Waals surface area contributed by atoms with Gasteiger partial charge in [0.25, 0.3) is 0 Å². The summed E-state index contributed by atoms with van der Waals surface area (Å²) in [5.41, 5.74) is 3.75. The van der Waals surface area contributed by atoms with Crippen molar-refractivity contribution in [3.05, 3.63) is 41.5 Å². The summed E-state index contributed by atoms with van der Waals surface area (Å²) >= 11 is 3.35. The summed E-state index contributed by atoms with van der Waals surface area (Å²) in [6.45, 7) is 6.12. The first-order chi connectivity index (χ1) is 9.79. The molecule has 0 spiro atoms. The summed E-state index contributed by atoms with van der Waals surface area (Å²) in [7, 11) is 0. The number of aryl methyl sites for hydroxylation is 1. The second-order valence-corrected chi connectivity index (χ2v) is 5.74. The van der Waals surface area contributed by atoms with Gasteiger partial charge in [-0.1, -0.05) is 43.7 Å². The van der Waals surface area contributed by atoms with Gasteiger partial charge in [-0.05, 0) is 18.7 Å². The molecule has 3 aromatic rings. The third-order valence-corrected chi connectivity index (χ3v) is 4.44. The molecular formula is C16H18N2S2. The standard InChI is InChI=1S/C14H12N2S2.C2H6/c1-9-4-3-5-10(6-9)11-7-18-14-12(11)13(17-2)15-8-16-14;1-2/h3-8H,1-2H3;1-2H3. The van der Waals surface area contributed by atoms with Crippen LogP contribution in [0.4, 0.5) is 0 Å². The molecule has 104 valence electrons. The van der Waals surface area contributed by atoms with Gasteiger partial charge in [0.05, 0.1) is 5.39 Å². The Morgan fingerprint density at radius 1 is 1.15 bits per heavy atom. The summed E-state index contributed by atoms with van der Waals surface area (Å²) in [5.74, 6) is 0. The Balaban J connectivity index is 0.000000704. The van der Waals surface area contributed by atoms with Crippen molar-refractivity contribution in [2.75, 3.05) is 6.26 Å². The monoisotopic (exact) mass is 302 g/mol. The minimum Gasteiger partial charge on any atom is -0.229 e. The lowest BCUT2D eigenvalue weighted by Crippen LogP contribution is -1.85. The zero-order chi connectivity index (χ0) is 14.5. The van der Waals surface area contributed by atoms with E-state index in [-0.39, 0.29) is 0 Å². The fourth-order valence-corrected chi connectivity index (χ4v) is 3.57. The van der Waals surface area contributed by atoms with E-state index in [2.05, 4.69) is 52.8 Å². The molecule has 0 unspecified atom stereocenters. The molecule has 4 heteroatoms. The molecular weight excluding hydrogens is 284 g/mol. The molecule has 2 heterocycles. The first-order valence-electron chi connectivity index (χ1n) is 6.63. The molecule has 0 atom stereocenters. The van der Waals surface area contributed by atoms with Gasteiger partial charge in [0.1, 0.15) is 16.2 Å². The highest BCUT2D eigenvalue weighted by Crippen LogP contribution is 2.37. The predicted molar refractivity (Wildman–Crippen MR) is 90.7 cm³/mol. The molecule has 0 aliphatic heterocycles. The van der Waals surface area contributed by atoms with E-state index in [0.717, 1.165) is 9.86 Å². The maximum Gasteiger partial charge on any atom is 0.128 e. The van der Waals surface area contributed by atoms with E-state index < -0.39 is 0 Å². The smallest absolute Gasteiger partial charge is 0.128 e. The maximum atomic E-state index is 4.36. The zero-order valence-electron chi connectivity index (χ0n) is 12.2. The molecule has 0 saturated heterocycles. The zero-order valence-corrected chi connectivity index (χ0v) is 13.8. The number of rotatable bonds is 2. The van der Waals surface area contributed by atoms with Crippen LogP contribution in [0.2, 0.25) is 0 Å². The number of nitrogens with zero attached hydrogens (tertiary/aromatic N) is 2. The maximum absolute atomic E-state index is 4.36. The van der Waals surface area contributed by atoms with Crippen LogP contribution in [0, 0.1) is 6.92 Å². The van der Waals surface area contributed by atoms with Crippen molar-refractivity contribution in [3.63, 3.8) is 0 Å². The summed E-state index contributed by atoms with van der Waals surface area (Å²) in [6, 6.07) is 8.56. The number of hydrogen-bond acceptors (Lipinski definition) is 4. The Morgan fingerprint density at radius 2 is 1.95 bits per heavy atom. The van der Waals surface area contributed by atoms with Crippen LogP contribution in [0.3, 0.4) is 0 Å². The fourth-order valence-electron chi connectivity index (χ4n) is 2.03. The SMILES string of the molecule is CC.CSc1ncnc2scc(-c3cccc(C)c3)c12. The van der Waals surface area contributed by atoms with Crippen LogP contribution in [0.25, 0.3) is 21.3 Å². The number of fused-ring (bicyclic) bond motifs is 1. The minimum atomic E-state index is 1.05. The molecule has 0 aliphatic carbocycles. The Morgan fingerprint density at radius 3 is 2.65 bits per heavy atom. The van der Waals surface area contributed by atoms with Gasteiger partial charge < -0.3 is 0 Å². The predicted octanol–water partition coefficient (Wildman–Crippen LogP) is 5.41. The second kappa shape index (κ2) is 6.86. The van der Waals surface area contributed by atoms with Crippen LogP contribution in [0.5, 0.6) is 0 Å². The third kappa shape index (κ3) is 2.86. The highest BCUT2D eigenvalue weighted by Gasteiger charge is 2.12. The summed E-state index contributed by atoms with van der Waals surface area (Å²) in [6.07, 6.45) is 3.70. The lowest BCUT2D eigenvalue weighted by molar-refractivity contribution is 1.11. The Kier molecular flexibility index (Phi) is 5.15. The molecule has 0 fully saturated rings. The third-order valence-electron chi connectivity index (χ3n) is 2.86. The van der Waals surface area contributed by atoms with Crippen molar-refractivity contribution in [1.82, 2.24) is 9.97 Å².